The summed E-state index contributed by atoms with van der Waals surface area (Å²) in [6, 6.07) is 0. The van der Waals surface area contributed by atoms with E-state index in [9.17, 15) is 0 Å². The molecule has 0 nitrogen and oxygen atoms in total. The van der Waals surface area contributed by atoms with Gasteiger partial charge in [-0.2, -0.15) is 0 Å². The Labute approximate surface area is 57.0 Å². The maximum atomic E-state index is 5.05. The minimum Gasteiger partial charge on any atom is -0.120 e. The van der Waals surface area contributed by atoms with Gasteiger partial charge < -0.3 is 0 Å². The molecule has 0 heterocycles. The first kappa shape index (κ1) is 7.86. The predicted octanol–water partition coefficient (Wildman–Crippen LogP) is 1.79. The van der Waals surface area contributed by atoms with Crippen LogP contribution < -0.4 is 0 Å². The van der Waals surface area contributed by atoms with Crippen LogP contribution in [-0.4, -0.2) is 0 Å². The Morgan fingerprint density at radius 1 is 1.33 bits per heavy atom. The molecule has 0 rings (SSSR count). The molecule has 0 saturated carbocycles. The molecule has 0 heteroatoms. The summed E-state index contributed by atoms with van der Waals surface area (Å²) < 4.78 is 0. The van der Waals surface area contributed by atoms with Gasteiger partial charge in [-0.15, -0.1) is 24.7 Å². The maximum Gasteiger partial charge on any atom is 0.0306 e. The summed E-state index contributed by atoms with van der Waals surface area (Å²) in [5.41, 5.74) is 1.04. The Kier molecular flexibility index (Phi) is 4.37. The van der Waals surface area contributed by atoms with E-state index in [0.717, 1.165) is 5.57 Å². The molecule has 0 aromatic carbocycles. The van der Waals surface area contributed by atoms with Crippen molar-refractivity contribution in [3.8, 4) is 24.7 Å². The van der Waals surface area contributed by atoms with Gasteiger partial charge in [0.2, 0.25) is 0 Å². The topological polar surface area (TPSA) is 0 Å². The van der Waals surface area contributed by atoms with Crippen LogP contribution in [0.15, 0.2) is 11.6 Å². The van der Waals surface area contributed by atoms with Crippen LogP contribution in [0.2, 0.25) is 0 Å². The molecule has 0 fully saturated rings. The van der Waals surface area contributed by atoms with E-state index in [0.29, 0.717) is 12.8 Å². The molecule has 0 aliphatic carbocycles. The molecule has 0 unspecified atom stereocenters. The van der Waals surface area contributed by atoms with Gasteiger partial charge in [-0.25, -0.2) is 0 Å². The number of rotatable bonds is 2. The van der Waals surface area contributed by atoms with Gasteiger partial charge in [-0.1, -0.05) is 11.6 Å². The van der Waals surface area contributed by atoms with E-state index in [-0.39, 0.29) is 0 Å². The van der Waals surface area contributed by atoms with E-state index >= 15 is 0 Å². The lowest BCUT2D eigenvalue weighted by atomic mass is 10.1. The number of hydrogen-bond acceptors (Lipinski definition) is 0. The smallest absolute Gasteiger partial charge is 0.0306 e. The Balaban J connectivity index is 3.77. The molecule has 0 N–H and O–H groups in total. The molecule has 0 aliphatic heterocycles. The van der Waals surface area contributed by atoms with Crippen LogP contribution in [0.1, 0.15) is 12.8 Å². The van der Waals surface area contributed by atoms with Crippen LogP contribution >= 0.6 is 0 Å². The Morgan fingerprint density at radius 2 is 1.78 bits per heavy atom. The third kappa shape index (κ3) is 3.44. The van der Waals surface area contributed by atoms with Crippen molar-refractivity contribution in [2.45, 2.75) is 12.8 Å². The number of allylic oxidation sites excluding steroid dienone is 2. The van der Waals surface area contributed by atoms with Gasteiger partial charge >= 0.3 is 0 Å². The zero-order valence-electron chi connectivity index (χ0n) is 5.35. The molecule has 0 amide bonds. The van der Waals surface area contributed by atoms with Crippen LogP contribution in [-0.2, 0) is 0 Å². The lowest BCUT2D eigenvalue weighted by Gasteiger charge is -1.92. The zero-order chi connectivity index (χ0) is 7.11. The lowest BCUT2D eigenvalue weighted by molar-refractivity contribution is 1.16. The third-order valence-electron chi connectivity index (χ3n) is 0.947. The van der Waals surface area contributed by atoms with Crippen molar-refractivity contribution in [2.24, 2.45) is 0 Å². The summed E-state index contributed by atoms with van der Waals surface area (Å²) in [6.07, 6.45) is 13.1. The van der Waals surface area contributed by atoms with Crippen molar-refractivity contribution < 1.29 is 0 Å². The van der Waals surface area contributed by atoms with E-state index in [1.807, 2.05) is 0 Å². The van der Waals surface area contributed by atoms with Gasteiger partial charge in [0.05, 0.1) is 0 Å². The molecule has 0 atom stereocenters. The first-order valence-corrected chi connectivity index (χ1v) is 2.69. The fourth-order valence-corrected chi connectivity index (χ4v) is 0.469. The fourth-order valence-electron chi connectivity index (χ4n) is 0.469. The predicted molar refractivity (Wildman–Crippen MR) is 40.3 cm³/mol. The highest BCUT2D eigenvalue weighted by Gasteiger charge is 1.87. The van der Waals surface area contributed by atoms with Crippen LogP contribution in [0.3, 0.4) is 0 Å². The average molecular weight is 117 g/mol. The molecule has 0 aromatic rings. The minimum atomic E-state index is 0.619. The van der Waals surface area contributed by atoms with Gasteiger partial charge in [0.25, 0.3) is 0 Å². The van der Waals surface area contributed by atoms with Gasteiger partial charge in [0, 0.05) is 12.8 Å². The zero-order valence-corrected chi connectivity index (χ0v) is 5.35. The standard InChI is InChI=1S/C9H9/c1-4-7-9(6-3)8-5-2/h1-2,6H,3,7-8H2. The monoisotopic (exact) mass is 117 g/mol. The Morgan fingerprint density at radius 3 is 2.00 bits per heavy atom. The van der Waals surface area contributed by atoms with Gasteiger partial charge in [0.1, 0.15) is 0 Å². The van der Waals surface area contributed by atoms with Crippen molar-refractivity contribution in [2.75, 3.05) is 0 Å². The molecule has 45 valence electrons. The van der Waals surface area contributed by atoms with Crippen molar-refractivity contribution in [1.29, 1.82) is 0 Å². The lowest BCUT2D eigenvalue weighted by Crippen LogP contribution is -1.77. The first-order valence-electron chi connectivity index (χ1n) is 2.69. The second-order valence-corrected chi connectivity index (χ2v) is 1.62. The van der Waals surface area contributed by atoms with Crippen molar-refractivity contribution in [3.63, 3.8) is 0 Å². The van der Waals surface area contributed by atoms with Crippen LogP contribution in [0.25, 0.3) is 0 Å². The molecule has 0 aromatic heterocycles. The quantitative estimate of drug-likeness (QED) is 0.484. The first-order chi connectivity index (χ1) is 4.35. The van der Waals surface area contributed by atoms with Gasteiger partial charge in [-0.3, -0.25) is 0 Å². The van der Waals surface area contributed by atoms with Gasteiger partial charge in [-0.05, 0) is 6.92 Å². The largest absolute Gasteiger partial charge is 0.120 e. The summed E-state index contributed by atoms with van der Waals surface area (Å²) in [4.78, 5) is 0. The summed E-state index contributed by atoms with van der Waals surface area (Å²) in [6.45, 7) is 3.57. The molecule has 0 aliphatic rings. The van der Waals surface area contributed by atoms with Crippen molar-refractivity contribution >= 4 is 0 Å². The number of hydrogen-bond donors (Lipinski definition) is 0. The SMILES string of the molecule is C#CCC(=C[CH2])CC#C. The molecular weight excluding hydrogens is 108 g/mol. The maximum absolute atomic E-state index is 5.05. The molecule has 0 saturated heterocycles. The number of terminal acetylenes is 2. The van der Waals surface area contributed by atoms with E-state index in [4.69, 9.17) is 12.8 Å². The van der Waals surface area contributed by atoms with Crippen LogP contribution in [0, 0.1) is 31.6 Å². The van der Waals surface area contributed by atoms with Crippen molar-refractivity contribution in [3.05, 3.63) is 18.6 Å². The molecule has 9 heavy (non-hydrogen) atoms. The fraction of sp³-hybridized carbons (Fsp3) is 0.222. The highest BCUT2D eigenvalue weighted by atomic mass is 13.9. The average Bonchev–Trinajstić information content (AvgIpc) is 1.88. The molecular formula is C9H9. The molecule has 1 radical (unpaired) electrons. The molecule has 0 spiro atoms. The normalized spacial score (nSPS) is 7.00. The van der Waals surface area contributed by atoms with Crippen LogP contribution in [0.4, 0.5) is 0 Å². The summed E-state index contributed by atoms with van der Waals surface area (Å²) in [5.74, 6) is 5.00. The second-order valence-electron chi connectivity index (χ2n) is 1.62. The summed E-state index contributed by atoms with van der Waals surface area (Å²) in [7, 11) is 0. The second kappa shape index (κ2) is 5.01. The Bertz CT molecular complexity index is 153. The molecule has 0 bridgehead atoms. The van der Waals surface area contributed by atoms with E-state index in [1.54, 1.807) is 6.08 Å². The van der Waals surface area contributed by atoms with Crippen LogP contribution in [0.5, 0.6) is 0 Å². The summed E-state index contributed by atoms with van der Waals surface area (Å²) in [5, 5.41) is 0. The third-order valence-corrected chi connectivity index (χ3v) is 0.947. The Hall–Kier alpha value is -1.14. The summed E-state index contributed by atoms with van der Waals surface area (Å²) >= 11 is 0. The highest BCUT2D eigenvalue weighted by Crippen LogP contribution is 2.02. The van der Waals surface area contributed by atoms with Crippen molar-refractivity contribution in [1.82, 2.24) is 0 Å². The minimum absolute atomic E-state index is 0.619. The van der Waals surface area contributed by atoms with E-state index < -0.39 is 0 Å². The highest BCUT2D eigenvalue weighted by molar-refractivity contribution is 5.16. The van der Waals surface area contributed by atoms with E-state index in [2.05, 4.69) is 18.8 Å². The van der Waals surface area contributed by atoms with Gasteiger partial charge in [0.15, 0.2) is 0 Å². The van der Waals surface area contributed by atoms with E-state index in [1.165, 1.54) is 0 Å².